The highest BCUT2D eigenvalue weighted by Crippen LogP contribution is 2.20. The molecule has 17 nitrogen and oxygen atoms in total. The Morgan fingerprint density at radius 3 is 2.24 bits per heavy atom. The Bertz CT molecular complexity index is 1360. The third-order valence-corrected chi connectivity index (χ3v) is 6.05. The number of nitrogen functional groups attached to an aromatic ring is 1. The monoisotopic (exact) mass is 574 g/mol. The molecule has 41 heavy (non-hydrogen) atoms. The quantitative estimate of drug-likeness (QED) is 0.130. The molecule has 1 aliphatic rings. The lowest BCUT2D eigenvalue weighted by molar-refractivity contribution is -0.143. The van der Waals surface area contributed by atoms with E-state index in [0.29, 0.717) is 24.6 Å². The molecule has 0 aliphatic carbocycles. The molecule has 3 atom stereocenters. The van der Waals surface area contributed by atoms with E-state index in [1.807, 2.05) is 0 Å². The fraction of sp³-hybridized carbons (Fsp3) is 0.375. The average Bonchev–Trinajstić information content (AvgIpc) is 2.91. The number of nitrogens with zero attached hydrogens (tertiary/aromatic N) is 1. The number of nitrogens with two attached hydrogens (primary N) is 1. The zero-order valence-electron chi connectivity index (χ0n) is 21.6. The summed E-state index contributed by atoms with van der Waals surface area (Å²) in [6.45, 7) is 0.869. The summed E-state index contributed by atoms with van der Waals surface area (Å²) in [4.78, 5) is 76.8. The van der Waals surface area contributed by atoms with Crippen LogP contribution in [-0.4, -0.2) is 86.2 Å². The van der Waals surface area contributed by atoms with Gasteiger partial charge in [0.25, 0.3) is 11.5 Å². The number of aromatic nitrogens is 2. The van der Waals surface area contributed by atoms with Gasteiger partial charge in [-0.1, -0.05) is 0 Å². The van der Waals surface area contributed by atoms with Crippen molar-refractivity contribution in [2.45, 2.75) is 43.8 Å². The molecule has 0 spiro atoms. The number of benzene rings is 1. The van der Waals surface area contributed by atoms with Gasteiger partial charge in [-0.25, -0.2) is 9.59 Å². The van der Waals surface area contributed by atoms with E-state index >= 15 is 0 Å². The molecule has 3 rings (SSSR count). The molecule has 2 amide bonds. The van der Waals surface area contributed by atoms with Gasteiger partial charge < -0.3 is 47.6 Å². The minimum Gasteiger partial charge on any atom is -0.481 e. The number of nitrogens with one attached hydrogen (secondary N) is 6. The van der Waals surface area contributed by atoms with E-state index in [4.69, 9.17) is 15.9 Å². The first-order chi connectivity index (χ1) is 19.4. The molecule has 0 bridgehead atoms. The molecule has 0 radical (unpaired) electrons. The topological polar surface area (TPSA) is 278 Å². The average molecular weight is 575 g/mol. The lowest BCUT2D eigenvalue weighted by atomic mass is 10.1. The van der Waals surface area contributed by atoms with Crippen LogP contribution in [0.5, 0.6) is 0 Å². The van der Waals surface area contributed by atoms with Crippen LogP contribution in [0.2, 0.25) is 0 Å². The molecule has 1 aromatic heterocycles. The molecule has 1 aromatic carbocycles. The number of aromatic amines is 1. The predicted molar refractivity (Wildman–Crippen MR) is 145 cm³/mol. The van der Waals surface area contributed by atoms with Crippen molar-refractivity contribution in [3.63, 3.8) is 0 Å². The molecule has 0 fully saturated rings. The Morgan fingerprint density at radius 2 is 1.61 bits per heavy atom. The normalized spacial score (nSPS) is 15.2. The fourth-order valence-corrected chi connectivity index (χ4v) is 3.90. The summed E-state index contributed by atoms with van der Waals surface area (Å²) in [5, 5.41) is 41.1. The third-order valence-electron chi connectivity index (χ3n) is 6.05. The molecule has 3 unspecified atom stereocenters. The van der Waals surface area contributed by atoms with Crippen LogP contribution in [0.25, 0.3) is 0 Å². The van der Waals surface area contributed by atoms with Gasteiger partial charge >= 0.3 is 17.9 Å². The van der Waals surface area contributed by atoms with Crippen molar-refractivity contribution in [3.8, 4) is 0 Å². The summed E-state index contributed by atoms with van der Waals surface area (Å²) < 4.78 is 0. The zero-order valence-corrected chi connectivity index (χ0v) is 21.6. The molecule has 17 heteroatoms. The number of fused-ring (bicyclic) bond motifs is 1. The van der Waals surface area contributed by atoms with Crippen molar-refractivity contribution in [2.75, 3.05) is 34.8 Å². The number of carboxylic acids is 3. The first kappa shape index (κ1) is 30.2. The fourth-order valence-electron chi connectivity index (χ4n) is 3.90. The molecule has 11 N–H and O–H groups in total. The first-order valence-electron chi connectivity index (χ1n) is 12.4. The van der Waals surface area contributed by atoms with Gasteiger partial charge in [-0.2, -0.15) is 4.98 Å². The Kier molecular flexibility index (Phi) is 10.0. The third kappa shape index (κ3) is 8.84. The van der Waals surface area contributed by atoms with Crippen molar-refractivity contribution in [1.29, 1.82) is 0 Å². The summed E-state index contributed by atoms with van der Waals surface area (Å²) in [5.74, 6) is -5.17. The smallest absolute Gasteiger partial charge is 0.326 e. The minimum absolute atomic E-state index is 0.00256. The number of amides is 2. The van der Waals surface area contributed by atoms with Crippen LogP contribution < -0.4 is 37.9 Å². The van der Waals surface area contributed by atoms with Crippen molar-refractivity contribution >= 4 is 52.9 Å². The van der Waals surface area contributed by atoms with E-state index in [9.17, 15) is 33.9 Å². The lowest BCUT2D eigenvalue weighted by Crippen LogP contribution is -2.44. The standard InChI is InChI=1S/C24H30N8O9/c25-24-31-19-18(21(37)32-24)28-13(10-27-19)9-26-12-3-1-11(2-4-12)20(36)30-15(23(40)41)5-7-16(33)29-14(22(38)39)6-8-17(34)35/h1-4,13-15,26,28H,5-10H2,(H,29,33)(H,30,36)(H,34,35)(H,38,39)(H,40,41)(H4,25,27,31,32,37). The highest BCUT2D eigenvalue weighted by molar-refractivity contribution is 5.97. The largest absolute Gasteiger partial charge is 0.481 e. The van der Waals surface area contributed by atoms with Crippen molar-refractivity contribution in [3.05, 3.63) is 40.2 Å². The second-order valence-electron chi connectivity index (χ2n) is 9.15. The Balaban J connectivity index is 1.49. The van der Waals surface area contributed by atoms with Crippen LogP contribution in [-0.2, 0) is 19.2 Å². The van der Waals surface area contributed by atoms with Crippen LogP contribution in [0.4, 0.5) is 23.1 Å². The van der Waals surface area contributed by atoms with Crippen LogP contribution >= 0.6 is 0 Å². The molecular weight excluding hydrogens is 544 g/mol. The Morgan fingerprint density at radius 1 is 0.976 bits per heavy atom. The van der Waals surface area contributed by atoms with Crippen LogP contribution in [0.15, 0.2) is 29.1 Å². The SMILES string of the molecule is Nc1nc2c(c(=O)[nH]1)NC(CNc1ccc(C(=O)NC(CCC(=O)NC(CCC(=O)O)C(=O)O)C(=O)O)cc1)CN2. The van der Waals surface area contributed by atoms with E-state index in [-0.39, 0.29) is 36.1 Å². The number of carbonyl (C=O) groups excluding carboxylic acids is 2. The second-order valence-corrected chi connectivity index (χ2v) is 9.15. The molecular formula is C24H30N8O9. The van der Waals surface area contributed by atoms with Gasteiger partial charge in [0, 0.05) is 37.2 Å². The number of carbonyl (C=O) groups is 5. The lowest BCUT2D eigenvalue weighted by Gasteiger charge is -2.27. The molecule has 220 valence electrons. The van der Waals surface area contributed by atoms with Crippen molar-refractivity contribution < 1.29 is 39.3 Å². The predicted octanol–water partition coefficient (Wildman–Crippen LogP) is -0.932. The van der Waals surface area contributed by atoms with Gasteiger partial charge in [-0.3, -0.25) is 24.2 Å². The van der Waals surface area contributed by atoms with Gasteiger partial charge in [0.2, 0.25) is 11.9 Å². The Labute approximate surface area is 231 Å². The summed E-state index contributed by atoms with van der Waals surface area (Å²) in [5.41, 5.74) is 6.23. The number of rotatable bonds is 14. The highest BCUT2D eigenvalue weighted by atomic mass is 16.4. The molecule has 2 aromatic rings. The molecule has 1 aliphatic heterocycles. The van der Waals surface area contributed by atoms with Gasteiger partial charge in [-0.05, 0) is 37.1 Å². The highest BCUT2D eigenvalue weighted by Gasteiger charge is 2.25. The van der Waals surface area contributed by atoms with Crippen molar-refractivity contribution in [2.24, 2.45) is 0 Å². The summed E-state index contributed by atoms with van der Waals surface area (Å²) in [7, 11) is 0. The van der Waals surface area contributed by atoms with E-state index in [0.717, 1.165) is 0 Å². The van der Waals surface area contributed by atoms with Crippen LogP contribution in [0, 0.1) is 0 Å². The van der Waals surface area contributed by atoms with E-state index in [1.165, 1.54) is 12.1 Å². The van der Waals surface area contributed by atoms with Crippen LogP contribution in [0.3, 0.4) is 0 Å². The van der Waals surface area contributed by atoms with E-state index in [1.54, 1.807) is 12.1 Å². The number of hydrogen-bond donors (Lipinski definition) is 10. The maximum absolute atomic E-state index is 12.6. The number of hydrogen-bond acceptors (Lipinski definition) is 11. The number of aliphatic carboxylic acids is 3. The summed E-state index contributed by atoms with van der Waals surface area (Å²) in [6.07, 6.45) is -1.55. The second kappa shape index (κ2) is 13.6. The number of anilines is 4. The minimum atomic E-state index is -1.44. The van der Waals surface area contributed by atoms with E-state index < -0.39 is 60.2 Å². The molecule has 2 heterocycles. The Hall–Kier alpha value is -5.35. The van der Waals surface area contributed by atoms with Crippen LogP contribution in [0.1, 0.15) is 36.0 Å². The van der Waals surface area contributed by atoms with Gasteiger partial charge in [0.15, 0.2) is 5.82 Å². The van der Waals surface area contributed by atoms with Gasteiger partial charge in [-0.15, -0.1) is 0 Å². The zero-order chi connectivity index (χ0) is 30.1. The molecule has 0 saturated heterocycles. The van der Waals surface area contributed by atoms with Gasteiger partial charge in [0.1, 0.15) is 17.8 Å². The number of H-pyrrole nitrogens is 1. The summed E-state index contributed by atoms with van der Waals surface area (Å²) in [6, 6.07) is 3.12. The summed E-state index contributed by atoms with van der Waals surface area (Å²) >= 11 is 0. The maximum Gasteiger partial charge on any atom is 0.326 e. The maximum atomic E-state index is 12.6. The van der Waals surface area contributed by atoms with E-state index in [2.05, 4.69) is 36.6 Å². The van der Waals surface area contributed by atoms with Crippen molar-refractivity contribution in [1.82, 2.24) is 20.6 Å². The number of carboxylic acid groups (broad SMARTS) is 3. The molecule has 0 saturated carbocycles. The van der Waals surface area contributed by atoms with Gasteiger partial charge in [0.05, 0.1) is 6.04 Å². The first-order valence-corrected chi connectivity index (χ1v) is 12.4.